The number of likely N-dealkylation sites (N-methyl/N-ethyl adjacent to an activating group) is 1. The summed E-state index contributed by atoms with van der Waals surface area (Å²) in [5.41, 5.74) is 8.91. The summed E-state index contributed by atoms with van der Waals surface area (Å²) in [6.45, 7) is 1.96. The molecule has 47 heavy (non-hydrogen) atoms. The summed E-state index contributed by atoms with van der Waals surface area (Å²) in [7, 11) is 4.14. The third-order valence-corrected chi connectivity index (χ3v) is 9.02. The van der Waals surface area contributed by atoms with Crippen LogP contribution in [-0.4, -0.2) is 78.8 Å². The minimum absolute atomic E-state index is 0.0530. The van der Waals surface area contributed by atoms with Crippen molar-refractivity contribution in [3.8, 4) is 0 Å². The summed E-state index contributed by atoms with van der Waals surface area (Å²) in [4.78, 5) is 45.3. The third-order valence-electron chi connectivity index (χ3n) is 8.73. The van der Waals surface area contributed by atoms with Crippen LogP contribution in [0.1, 0.15) is 39.5 Å². The van der Waals surface area contributed by atoms with Crippen molar-refractivity contribution in [2.75, 3.05) is 49.0 Å². The number of carbonyl (C=O) groups is 3. The Kier molecular flexibility index (Phi) is 9.12. The molecule has 1 fully saturated rings. The number of carbonyl (C=O) groups excluding carboxylic acids is 2. The first kappa shape index (κ1) is 32.0. The number of aromatic carboxylic acids is 1. The Morgan fingerprint density at radius 2 is 1.87 bits per heavy atom. The van der Waals surface area contributed by atoms with E-state index in [1.165, 1.54) is 58.7 Å². The van der Waals surface area contributed by atoms with E-state index in [0.29, 0.717) is 29.4 Å². The topological polar surface area (TPSA) is 133 Å². The van der Waals surface area contributed by atoms with Crippen LogP contribution in [0.4, 0.5) is 21.5 Å². The van der Waals surface area contributed by atoms with Gasteiger partial charge >= 0.3 is 5.97 Å². The lowest BCUT2D eigenvalue weighted by molar-refractivity contribution is -0.135. The molecule has 0 spiro atoms. The molecule has 0 unspecified atom stereocenters. The molecule has 0 saturated carbocycles. The number of hydrogen-bond donors (Lipinski definition) is 4. The van der Waals surface area contributed by atoms with Gasteiger partial charge in [0.2, 0.25) is 5.91 Å². The number of nitrogens with one attached hydrogen (secondary N) is 3. The number of hydrazine groups is 2. The van der Waals surface area contributed by atoms with Crippen LogP contribution in [0.25, 0.3) is 6.08 Å². The van der Waals surface area contributed by atoms with Crippen LogP contribution in [0.15, 0.2) is 65.8 Å². The highest BCUT2D eigenvalue weighted by molar-refractivity contribution is 6.31. The molecule has 0 bridgehead atoms. The van der Waals surface area contributed by atoms with Crippen LogP contribution >= 0.6 is 11.6 Å². The standard InChI is InChI=1S/C33H34ClFN8O4/c1-40(2)22-14-16-41(18-22)27-5-3-4-24-23(27)15-17-42(31(24)32(45)37-21-8-6-20(7-9-21)33(46)47)29(44)13-10-25-28(43-19-36-38-39-43)12-11-26(34)30(25)35/h3-13,19,22,31,38-39H,14-18H2,1-2H3,(H,37,45)(H,46,47)/b13-10+/t22-,31+/m1/s1. The number of fused-ring (bicyclic) bond motifs is 1. The number of carboxylic acids is 1. The zero-order chi connectivity index (χ0) is 33.2. The van der Waals surface area contributed by atoms with Crippen molar-refractivity contribution in [1.82, 2.24) is 20.9 Å². The number of nitrogens with zero attached hydrogens (tertiary/aromatic N) is 5. The molecule has 244 valence electrons. The van der Waals surface area contributed by atoms with E-state index in [4.69, 9.17) is 11.6 Å². The normalized spacial score (nSPS) is 19.0. The highest BCUT2D eigenvalue weighted by Gasteiger charge is 2.38. The summed E-state index contributed by atoms with van der Waals surface area (Å²) in [5.74, 6) is -2.76. The van der Waals surface area contributed by atoms with Gasteiger partial charge < -0.3 is 25.1 Å². The van der Waals surface area contributed by atoms with Crippen molar-refractivity contribution in [3.05, 3.63) is 93.8 Å². The number of amides is 2. The highest BCUT2D eigenvalue weighted by Crippen LogP contribution is 2.38. The number of hydrogen-bond acceptors (Lipinski definition) is 9. The van der Waals surface area contributed by atoms with Crippen LogP contribution in [0, 0.1) is 5.82 Å². The minimum Gasteiger partial charge on any atom is -0.478 e. The molecule has 0 aromatic heterocycles. The Hall–Kier alpha value is -4.98. The predicted molar refractivity (Wildman–Crippen MR) is 179 cm³/mol. The minimum atomic E-state index is -1.08. The molecule has 14 heteroatoms. The third kappa shape index (κ3) is 6.50. The van der Waals surface area contributed by atoms with Crippen LogP contribution < -0.4 is 26.3 Å². The van der Waals surface area contributed by atoms with E-state index in [9.17, 15) is 19.5 Å². The molecule has 2 amide bonds. The highest BCUT2D eigenvalue weighted by atomic mass is 35.5. The summed E-state index contributed by atoms with van der Waals surface area (Å²) >= 11 is 6.09. The van der Waals surface area contributed by atoms with Gasteiger partial charge in [-0.1, -0.05) is 23.7 Å². The summed E-state index contributed by atoms with van der Waals surface area (Å²) in [6.07, 6.45) is 5.51. The Bertz CT molecular complexity index is 1770. The van der Waals surface area contributed by atoms with E-state index in [1.54, 1.807) is 6.07 Å². The first-order chi connectivity index (χ1) is 22.6. The fraction of sp³-hybridized carbons (Fsp3) is 0.273. The van der Waals surface area contributed by atoms with Crippen LogP contribution in [0.3, 0.4) is 0 Å². The first-order valence-electron chi connectivity index (χ1n) is 15.1. The largest absolute Gasteiger partial charge is 0.478 e. The fourth-order valence-corrected chi connectivity index (χ4v) is 6.42. The number of hydrazone groups is 1. The maximum atomic E-state index is 15.3. The van der Waals surface area contributed by atoms with E-state index >= 15 is 4.39 Å². The maximum absolute atomic E-state index is 15.3. The van der Waals surface area contributed by atoms with Gasteiger partial charge in [0.15, 0.2) is 5.82 Å². The van der Waals surface area contributed by atoms with Gasteiger partial charge in [0.05, 0.1) is 16.3 Å². The van der Waals surface area contributed by atoms with Gasteiger partial charge in [-0.05, 0) is 86.6 Å². The molecule has 12 nitrogen and oxygen atoms in total. The second kappa shape index (κ2) is 13.4. The zero-order valence-electron chi connectivity index (χ0n) is 25.8. The van der Waals surface area contributed by atoms with Crippen LogP contribution in [0.5, 0.6) is 0 Å². The molecule has 1 saturated heterocycles. The number of rotatable bonds is 8. The van der Waals surface area contributed by atoms with Crippen molar-refractivity contribution in [1.29, 1.82) is 0 Å². The second-order valence-corrected chi connectivity index (χ2v) is 12.1. The maximum Gasteiger partial charge on any atom is 0.335 e. The molecule has 6 rings (SSSR count). The lowest BCUT2D eigenvalue weighted by Gasteiger charge is -2.38. The predicted octanol–water partition coefficient (Wildman–Crippen LogP) is 3.87. The summed E-state index contributed by atoms with van der Waals surface area (Å²) in [5, 5.41) is 17.3. The Morgan fingerprint density at radius 3 is 2.55 bits per heavy atom. The van der Waals surface area contributed by atoms with Crippen molar-refractivity contribution in [2.45, 2.75) is 24.9 Å². The van der Waals surface area contributed by atoms with Crippen molar-refractivity contribution in [2.24, 2.45) is 5.10 Å². The Morgan fingerprint density at radius 1 is 1.09 bits per heavy atom. The molecule has 3 heterocycles. The number of halogens is 2. The van der Waals surface area contributed by atoms with Crippen LogP contribution in [-0.2, 0) is 16.0 Å². The number of benzene rings is 3. The molecule has 3 aromatic rings. The van der Waals surface area contributed by atoms with Crippen molar-refractivity contribution < 1.29 is 23.9 Å². The molecule has 2 atom stereocenters. The van der Waals surface area contributed by atoms with E-state index in [0.717, 1.165) is 30.8 Å². The molecule has 4 N–H and O–H groups in total. The van der Waals surface area contributed by atoms with Gasteiger partial charge in [-0.3, -0.25) is 9.59 Å². The zero-order valence-corrected chi connectivity index (χ0v) is 26.5. The lowest BCUT2D eigenvalue weighted by atomic mass is 9.90. The second-order valence-electron chi connectivity index (χ2n) is 11.7. The van der Waals surface area contributed by atoms with Gasteiger partial charge in [0, 0.05) is 48.7 Å². The molecular weight excluding hydrogens is 627 g/mol. The van der Waals surface area contributed by atoms with Crippen molar-refractivity contribution in [3.63, 3.8) is 0 Å². The fourth-order valence-electron chi connectivity index (χ4n) is 6.25. The molecule has 3 aromatic carbocycles. The van der Waals surface area contributed by atoms with E-state index in [-0.39, 0.29) is 22.7 Å². The lowest BCUT2D eigenvalue weighted by Crippen LogP contribution is -2.45. The molecule has 3 aliphatic rings. The van der Waals surface area contributed by atoms with Gasteiger partial charge in [-0.15, -0.1) is 5.53 Å². The van der Waals surface area contributed by atoms with E-state index in [2.05, 4.69) is 51.4 Å². The van der Waals surface area contributed by atoms with E-state index < -0.39 is 29.6 Å². The van der Waals surface area contributed by atoms with Gasteiger partial charge in [-0.25, -0.2) is 19.7 Å². The van der Waals surface area contributed by atoms with Gasteiger partial charge in [-0.2, -0.15) is 5.10 Å². The van der Waals surface area contributed by atoms with Gasteiger partial charge in [0.25, 0.3) is 5.91 Å². The number of carboxylic acid groups (broad SMARTS) is 1. The summed E-state index contributed by atoms with van der Waals surface area (Å²) in [6, 6.07) is 14.0. The molecular formula is C33H34ClFN8O4. The Labute approximate surface area is 276 Å². The monoisotopic (exact) mass is 660 g/mol. The SMILES string of the molecule is CN(C)[C@@H]1CCN(c2cccc3c2CCN(C(=O)/C=C/c2c(N4C=NNN4)ccc(Cl)c2F)[C@@H]3C(=O)Nc2ccc(C(=O)O)cc2)C1. The average molecular weight is 661 g/mol. The average Bonchev–Trinajstić information content (AvgIpc) is 3.78. The van der Waals surface area contributed by atoms with E-state index in [1.807, 2.05) is 12.1 Å². The van der Waals surface area contributed by atoms with Gasteiger partial charge in [0.1, 0.15) is 12.4 Å². The smallest absolute Gasteiger partial charge is 0.335 e. The quantitative estimate of drug-likeness (QED) is 0.266. The first-order valence-corrected chi connectivity index (χ1v) is 15.5. The van der Waals surface area contributed by atoms with Crippen molar-refractivity contribution >= 4 is 58.9 Å². The molecule has 3 aliphatic heterocycles. The molecule has 0 aliphatic carbocycles. The number of anilines is 3. The van der Waals surface area contributed by atoms with Crippen LogP contribution in [0.2, 0.25) is 5.02 Å². The summed E-state index contributed by atoms with van der Waals surface area (Å²) < 4.78 is 15.3. The Balaban J connectivity index is 1.34. The molecule has 0 radical (unpaired) electrons.